The van der Waals surface area contributed by atoms with Crippen molar-refractivity contribution in [1.29, 1.82) is 5.41 Å². The van der Waals surface area contributed by atoms with Crippen molar-refractivity contribution >= 4 is 40.7 Å². The number of halogens is 3. The second-order valence-corrected chi connectivity index (χ2v) is 8.09. The van der Waals surface area contributed by atoms with Crippen LogP contribution >= 0.6 is 34.8 Å². The van der Waals surface area contributed by atoms with E-state index in [0.717, 1.165) is 24.8 Å². The van der Waals surface area contributed by atoms with Crippen LogP contribution in [0.5, 0.6) is 0 Å². The largest absolute Gasteiger partial charge is 0.468 e. The third-order valence-corrected chi connectivity index (χ3v) is 3.76. The van der Waals surface area contributed by atoms with Gasteiger partial charge in [0, 0.05) is 7.11 Å². The van der Waals surface area contributed by atoms with Gasteiger partial charge in [0.25, 0.3) is 3.79 Å². The summed E-state index contributed by atoms with van der Waals surface area (Å²) in [5.74, 6) is -0.285. The standard InChI is InChI=1S/C16H28Cl3NO3/c1-6-7-8-12(4)9-13(23-15(20)16(17,18)19)14(11(2)3)22-10-21-5/h9,11,13-14,20H,6-8,10H2,1-5H3/b12-9+,20-15?/t13-,14-/m0/s1. The Morgan fingerprint density at radius 1 is 1.26 bits per heavy atom. The lowest BCUT2D eigenvalue weighted by atomic mass is 9.98. The van der Waals surface area contributed by atoms with Crippen LogP contribution in [-0.2, 0) is 14.2 Å². The molecule has 0 aromatic heterocycles. The van der Waals surface area contributed by atoms with Crippen molar-refractivity contribution < 1.29 is 14.2 Å². The molecule has 0 bridgehead atoms. The highest BCUT2D eigenvalue weighted by Gasteiger charge is 2.34. The van der Waals surface area contributed by atoms with Gasteiger partial charge in [-0.2, -0.15) is 0 Å². The zero-order valence-corrected chi connectivity index (χ0v) is 16.8. The number of unbranched alkanes of at least 4 members (excludes halogenated alkanes) is 1. The Morgan fingerprint density at radius 3 is 2.30 bits per heavy atom. The molecule has 0 aromatic carbocycles. The molecule has 0 spiro atoms. The van der Waals surface area contributed by atoms with Gasteiger partial charge >= 0.3 is 0 Å². The number of nitrogens with one attached hydrogen (secondary N) is 1. The number of allylic oxidation sites excluding steroid dienone is 1. The molecular formula is C16H28Cl3NO3. The van der Waals surface area contributed by atoms with Crippen molar-refractivity contribution in [3.63, 3.8) is 0 Å². The Balaban J connectivity index is 5.27. The molecule has 1 N–H and O–H groups in total. The van der Waals surface area contributed by atoms with Gasteiger partial charge in [-0.05, 0) is 31.8 Å². The molecule has 7 heteroatoms. The van der Waals surface area contributed by atoms with Crippen LogP contribution in [0.1, 0.15) is 47.0 Å². The van der Waals surface area contributed by atoms with Crippen LogP contribution in [0.3, 0.4) is 0 Å². The molecule has 0 aliphatic rings. The van der Waals surface area contributed by atoms with Gasteiger partial charge in [-0.25, -0.2) is 0 Å². The van der Waals surface area contributed by atoms with Crippen LogP contribution in [0.15, 0.2) is 11.6 Å². The van der Waals surface area contributed by atoms with Crippen molar-refractivity contribution in [1.82, 2.24) is 0 Å². The van der Waals surface area contributed by atoms with Crippen molar-refractivity contribution in [2.75, 3.05) is 13.9 Å². The van der Waals surface area contributed by atoms with E-state index in [1.807, 2.05) is 26.8 Å². The number of ether oxygens (including phenoxy) is 3. The van der Waals surface area contributed by atoms with Crippen LogP contribution in [0.25, 0.3) is 0 Å². The average Bonchev–Trinajstić information content (AvgIpc) is 2.43. The second-order valence-electron chi connectivity index (χ2n) is 5.81. The summed E-state index contributed by atoms with van der Waals surface area (Å²) in [5, 5.41) is 7.83. The fourth-order valence-electron chi connectivity index (χ4n) is 2.03. The summed E-state index contributed by atoms with van der Waals surface area (Å²) in [7, 11) is 1.55. The van der Waals surface area contributed by atoms with E-state index in [0.29, 0.717) is 0 Å². The molecule has 0 amide bonds. The first kappa shape index (κ1) is 23.0. The highest BCUT2D eigenvalue weighted by atomic mass is 35.6. The molecule has 136 valence electrons. The first-order valence-corrected chi connectivity index (χ1v) is 8.87. The van der Waals surface area contributed by atoms with Crippen LogP contribution in [0.4, 0.5) is 0 Å². The predicted molar refractivity (Wildman–Crippen MR) is 97.8 cm³/mol. The average molecular weight is 389 g/mol. The fraction of sp³-hybridized carbons (Fsp3) is 0.812. The zero-order valence-electron chi connectivity index (χ0n) is 14.5. The Bertz CT molecular complexity index is 381. The van der Waals surface area contributed by atoms with E-state index in [1.54, 1.807) is 7.11 Å². The smallest absolute Gasteiger partial charge is 0.265 e. The Labute approximate surface area is 154 Å². The van der Waals surface area contributed by atoms with E-state index in [-0.39, 0.29) is 18.8 Å². The minimum Gasteiger partial charge on any atom is -0.468 e. The third kappa shape index (κ3) is 9.78. The Hall–Kier alpha value is -0.0000000000000000416. The van der Waals surface area contributed by atoms with Gasteiger partial charge in [0.2, 0.25) is 5.90 Å². The molecule has 2 atom stereocenters. The van der Waals surface area contributed by atoms with E-state index >= 15 is 0 Å². The Morgan fingerprint density at radius 2 is 1.87 bits per heavy atom. The van der Waals surface area contributed by atoms with E-state index in [1.165, 1.54) is 0 Å². The lowest BCUT2D eigenvalue weighted by Gasteiger charge is -2.30. The summed E-state index contributed by atoms with van der Waals surface area (Å²) in [4.78, 5) is 0. The Kier molecular flexibility index (Phi) is 11.5. The maximum atomic E-state index is 7.83. The van der Waals surface area contributed by atoms with Gasteiger partial charge in [-0.1, -0.05) is 67.6 Å². The van der Waals surface area contributed by atoms with Gasteiger partial charge in [0.1, 0.15) is 19.0 Å². The normalized spacial score (nSPS) is 15.6. The van der Waals surface area contributed by atoms with Crippen LogP contribution in [0, 0.1) is 11.3 Å². The summed E-state index contributed by atoms with van der Waals surface area (Å²) in [6.07, 6.45) is 4.24. The molecule has 23 heavy (non-hydrogen) atoms. The molecule has 0 aromatic rings. The first-order chi connectivity index (χ1) is 10.6. The van der Waals surface area contributed by atoms with Gasteiger partial charge < -0.3 is 14.2 Å². The minimum atomic E-state index is -1.90. The minimum absolute atomic E-state index is 0.131. The number of rotatable bonds is 10. The highest BCUT2D eigenvalue weighted by Crippen LogP contribution is 2.30. The molecule has 0 fully saturated rings. The van der Waals surface area contributed by atoms with E-state index < -0.39 is 15.8 Å². The molecule has 0 heterocycles. The van der Waals surface area contributed by atoms with E-state index in [4.69, 9.17) is 54.4 Å². The lowest BCUT2D eigenvalue weighted by molar-refractivity contribution is -0.115. The molecule has 4 nitrogen and oxygen atoms in total. The fourth-order valence-corrected chi connectivity index (χ4v) is 2.17. The maximum absolute atomic E-state index is 7.83. The van der Waals surface area contributed by atoms with Crippen molar-refractivity contribution in [2.24, 2.45) is 5.92 Å². The summed E-state index contributed by atoms with van der Waals surface area (Å²) in [6.45, 7) is 8.30. The van der Waals surface area contributed by atoms with Crippen LogP contribution in [-0.4, -0.2) is 35.8 Å². The van der Waals surface area contributed by atoms with Gasteiger partial charge in [-0.15, -0.1) is 0 Å². The summed E-state index contributed by atoms with van der Waals surface area (Å²) >= 11 is 17.2. The quantitative estimate of drug-likeness (QED) is 0.177. The summed E-state index contributed by atoms with van der Waals surface area (Å²) < 4.78 is 14.4. The first-order valence-electron chi connectivity index (χ1n) is 7.73. The number of alkyl halides is 3. The SMILES string of the molecule is CCCC/C(C)=C/[C@H](OC(=N)C(Cl)(Cl)Cl)[C@@H](OCOC)C(C)C. The molecule has 0 radical (unpaired) electrons. The van der Waals surface area contributed by atoms with E-state index in [9.17, 15) is 0 Å². The van der Waals surface area contributed by atoms with Crippen molar-refractivity contribution in [3.8, 4) is 0 Å². The van der Waals surface area contributed by atoms with Crippen molar-refractivity contribution in [3.05, 3.63) is 11.6 Å². The van der Waals surface area contributed by atoms with Crippen LogP contribution < -0.4 is 0 Å². The maximum Gasteiger partial charge on any atom is 0.265 e. The van der Waals surface area contributed by atoms with Gasteiger partial charge in [0.05, 0.1) is 0 Å². The topological polar surface area (TPSA) is 51.5 Å². The van der Waals surface area contributed by atoms with Gasteiger partial charge in [-0.3, -0.25) is 5.41 Å². The molecule has 0 saturated carbocycles. The monoisotopic (exact) mass is 387 g/mol. The lowest BCUT2D eigenvalue weighted by Crippen LogP contribution is -2.39. The third-order valence-electron chi connectivity index (χ3n) is 3.24. The highest BCUT2D eigenvalue weighted by molar-refractivity contribution is 6.76. The molecule has 0 unspecified atom stereocenters. The molecule has 0 aliphatic heterocycles. The molecule has 0 saturated heterocycles. The van der Waals surface area contributed by atoms with Gasteiger partial charge in [0.15, 0.2) is 0 Å². The number of hydrogen-bond acceptors (Lipinski definition) is 4. The number of methoxy groups -OCH3 is 1. The van der Waals surface area contributed by atoms with Crippen molar-refractivity contribution in [2.45, 2.75) is 63.0 Å². The molecule has 0 rings (SSSR count). The summed E-state index contributed by atoms with van der Waals surface area (Å²) in [6, 6.07) is 0. The molecule has 0 aliphatic carbocycles. The second kappa shape index (κ2) is 11.5. The van der Waals surface area contributed by atoms with E-state index in [2.05, 4.69) is 6.92 Å². The molecular weight excluding hydrogens is 361 g/mol. The predicted octanol–water partition coefficient (Wildman–Crippen LogP) is 5.50. The zero-order chi connectivity index (χ0) is 18.0. The number of hydrogen-bond donors (Lipinski definition) is 1. The van der Waals surface area contributed by atoms with Crippen LogP contribution in [0.2, 0.25) is 0 Å². The summed E-state index contributed by atoms with van der Waals surface area (Å²) in [5.41, 5.74) is 1.15.